The van der Waals surface area contributed by atoms with Crippen LogP contribution in [-0.4, -0.2) is 30.2 Å². The van der Waals surface area contributed by atoms with E-state index in [1.54, 1.807) is 0 Å². The second-order valence-electron chi connectivity index (χ2n) is 5.37. The Labute approximate surface area is 164 Å². The zero-order chi connectivity index (χ0) is 20.4. The number of allylic oxidation sites excluding steroid dienone is 1. The number of rotatable bonds is 6. The van der Waals surface area contributed by atoms with Crippen molar-refractivity contribution in [3.05, 3.63) is 58.1 Å². The van der Waals surface area contributed by atoms with E-state index in [0.29, 0.717) is 0 Å². The number of Topliss-reactive ketones (excluding diaryl/α,β-unsaturated/α-hetero) is 1. The number of carbonyl (C=O) groups is 2. The normalized spacial score (nSPS) is 11.9. The number of anilines is 1. The van der Waals surface area contributed by atoms with Gasteiger partial charge in [-0.25, -0.2) is 8.42 Å². The molecule has 2 aromatic carbocycles. The van der Waals surface area contributed by atoms with Crippen LogP contribution in [0.25, 0.3) is 5.76 Å². The maximum absolute atomic E-state index is 12.5. The predicted molar refractivity (Wildman–Crippen MR) is 102 cm³/mol. The summed E-state index contributed by atoms with van der Waals surface area (Å²) < 4.78 is 27.2. The molecule has 27 heavy (non-hydrogen) atoms. The maximum Gasteiger partial charge on any atom is 0.265 e. The molecule has 0 heterocycles. The first-order chi connectivity index (χ1) is 12.5. The number of hydrogen-bond acceptors (Lipinski definition) is 6. The van der Waals surface area contributed by atoms with E-state index in [4.69, 9.17) is 23.2 Å². The monoisotopic (exact) mass is 429 g/mol. The van der Waals surface area contributed by atoms with Crippen molar-refractivity contribution < 1.29 is 28.2 Å². The van der Waals surface area contributed by atoms with Crippen molar-refractivity contribution in [1.29, 1.82) is 0 Å². The molecule has 0 saturated carbocycles. The molecule has 0 fully saturated rings. The molecule has 0 amide bonds. The highest BCUT2D eigenvalue weighted by atomic mass is 35.5. The molecule has 0 aliphatic heterocycles. The van der Waals surface area contributed by atoms with Crippen molar-refractivity contribution in [1.82, 2.24) is 0 Å². The van der Waals surface area contributed by atoms with Crippen LogP contribution in [0.15, 0.2) is 47.4 Å². The summed E-state index contributed by atoms with van der Waals surface area (Å²) in [5.74, 6) is -2.84. The number of sulfonamides is 1. The fraction of sp³-hybridized carbons (Fsp3) is 0.0588. The molecule has 0 atom stereocenters. The Morgan fingerprint density at radius 1 is 1.15 bits per heavy atom. The number of aliphatic hydroxyl groups is 1. The molecular weight excluding hydrogens is 417 g/mol. The topological polar surface area (TPSA) is 121 Å². The number of ketones is 2. The van der Waals surface area contributed by atoms with E-state index < -0.39 is 38.0 Å². The average Bonchev–Trinajstić information content (AvgIpc) is 2.57. The molecule has 10 heteroatoms. The van der Waals surface area contributed by atoms with Crippen LogP contribution in [0.1, 0.15) is 12.5 Å². The zero-order valence-electron chi connectivity index (χ0n) is 13.7. The summed E-state index contributed by atoms with van der Waals surface area (Å²) >= 11 is 11.5. The molecule has 0 spiro atoms. The number of nitrogens with one attached hydrogen (secondary N) is 1. The van der Waals surface area contributed by atoms with Crippen LogP contribution in [0.3, 0.4) is 0 Å². The van der Waals surface area contributed by atoms with Crippen LogP contribution < -0.4 is 4.72 Å². The lowest BCUT2D eigenvalue weighted by molar-refractivity contribution is -0.132. The lowest BCUT2D eigenvalue weighted by Crippen LogP contribution is -2.13. The van der Waals surface area contributed by atoms with Gasteiger partial charge in [0.25, 0.3) is 10.0 Å². The summed E-state index contributed by atoms with van der Waals surface area (Å²) in [7, 11) is -4.26. The number of benzene rings is 2. The molecule has 0 aliphatic rings. The van der Waals surface area contributed by atoms with Gasteiger partial charge < -0.3 is 10.2 Å². The summed E-state index contributed by atoms with van der Waals surface area (Å²) in [6.07, 6.45) is 0.735. The van der Waals surface area contributed by atoms with E-state index in [9.17, 15) is 28.2 Å². The first-order valence-corrected chi connectivity index (χ1v) is 9.52. The number of phenolic OH excluding ortho intramolecular Hbond substituents is 1. The van der Waals surface area contributed by atoms with Gasteiger partial charge in [0.15, 0.2) is 11.5 Å². The smallest absolute Gasteiger partial charge is 0.265 e. The Balaban J connectivity index is 2.39. The molecule has 0 aliphatic carbocycles. The molecule has 0 saturated heterocycles. The number of hydrogen-bond donors (Lipinski definition) is 3. The van der Waals surface area contributed by atoms with Gasteiger partial charge in [-0.3, -0.25) is 14.3 Å². The van der Waals surface area contributed by atoms with Gasteiger partial charge in [-0.2, -0.15) is 0 Å². The SMILES string of the molecule is CC(=O)C(=O)C=C(O)c1cccc(NS(=O)(=O)c2cc(Cl)cc(Cl)c2O)c1. The Hall–Kier alpha value is -2.55. The fourth-order valence-corrected chi connectivity index (χ4v) is 3.82. The van der Waals surface area contributed by atoms with E-state index in [1.165, 1.54) is 30.3 Å². The third kappa shape index (κ3) is 5.00. The molecule has 142 valence electrons. The largest absolute Gasteiger partial charge is 0.507 e. The van der Waals surface area contributed by atoms with Crippen molar-refractivity contribution >= 4 is 56.2 Å². The van der Waals surface area contributed by atoms with Crippen LogP contribution in [0.2, 0.25) is 10.0 Å². The second-order valence-corrected chi connectivity index (χ2v) is 7.87. The van der Waals surface area contributed by atoms with Crippen molar-refractivity contribution in [2.45, 2.75) is 11.8 Å². The van der Waals surface area contributed by atoms with E-state index in [1.807, 2.05) is 0 Å². The van der Waals surface area contributed by atoms with Crippen LogP contribution in [0, 0.1) is 0 Å². The van der Waals surface area contributed by atoms with Gasteiger partial charge in [-0.15, -0.1) is 0 Å². The highest BCUT2D eigenvalue weighted by Crippen LogP contribution is 2.35. The van der Waals surface area contributed by atoms with Crippen LogP contribution in [0.5, 0.6) is 5.75 Å². The molecule has 2 aromatic rings. The Morgan fingerprint density at radius 2 is 1.81 bits per heavy atom. The lowest BCUT2D eigenvalue weighted by Gasteiger charge is -2.12. The first kappa shape index (κ1) is 20.8. The summed E-state index contributed by atoms with van der Waals surface area (Å²) in [5, 5.41) is 19.6. The second kappa shape index (κ2) is 7.99. The standard InChI is InChI=1S/C17H13Cl2NO6S/c1-9(21)14(22)8-15(23)10-3-2-4-12(5-10)20-27(25,26)16-7-11(18)6-13(19)17(16)24/h2-8,20,23-24H,1H3. The van der Waals surface area contributed by atoms with E-state index >= 15 is 0 Å². The van der Waals surface area contributed by atoms with Gasteiger partial charge in [0, 0.05) is 29.3 Å². The Morgan fingerprint density at radius 3 is 2.44 bits per heavy atom. The highest BCUT2D eigenvalue weighted by molar-refractivity contribution is 7.92. The van der Waals surface area contributed by atoms with Gasteiger partial charge in [0.05, 0.1) is 5.02 Å². The molecule has 0 radical (unpaired) electrons. The third-order valence-corrected chi connectivity index (χ3v) is 5.21. The molecule has 0 aromatic heterocycles. The van der Waals surface area contributed by atoms with Crippen LogP contribution >= 0.6 is 23.2 Å². The van der Waals surface area contributed by atoms with Crippen molar-refractivity contribution in [3.63, 3.8) is 0 Å². The van der Waals surface area contributed by atoms with E-state index in [2.05, 4.69) is 4.72 Å². The Kier molecular flexibility index (Phi) is 6.15. The molecule has 2 rings (SSSR count). The minimum Gasteiger partial charge on any atom is -0.507 e. The van der Waals surface area contributed by atoms with E-state index in [0.717, 1.165) is 19.1 Å². The molecule has 7 nitrogen and oxygen atoms in total. The number of phenols is 1. The summed E-state index contributed by atoms with van der Waals surface area (Å²) in [6.45, 7) is 1.05. The minimum atomic E-state index is -4.26. The number of carbonyl (C=O) groups excluding carboxylic acids is 2. The van der Waals surface area contributed by atoms with Crippen molar-refractivity contribution in [3.8, 4) is 5.75 Å². The van der Waals surface area contributed by atoms with Gasteiger partial charge >= 0.3 is 0 Å². The average molecular weight is 430 g/mol. The number of aromatic hydroxyl groups is 1. The van der Waals surface area contributed by atoms with Crippen molar-refractivity contribution in [2.24, 2.45) is 0 Å². The molecule has 0 bridgehead atoms. The zero-order valence-corrected chi connectivity index (χ0v) is 16.1. The van der Waals surface area contributed by atoms with Crippen LogP contribution in [-0.2, 0) is 19.6 Å². The summed E-state index contributed by atoms with van der Waals surface area (Å²) in [4.78, 5) is 21.8. The van der Waals surface area contributed by atoms with Gasteiger partial charge in [-0.1, -0.05) is 35.3 Å². The number of aliphatic hydroxyl groups excluding tert-OH is 1. The molecule has 3 N–H and O–H groups in total. The number of halogens is 2. The molecule has 0 unspecified atom stereocenters. The first-order valence-electron chi connectivity index (χ1n) is 7.28. The maximum atomic E-state index is 12.5. The van der Waals surface area contributed by atoms with E-state index in [-0.39, 0.29) is 21.3 Å². The van der Waals surface area contributed by atoms with Crippen molar-refractivity contribution in [2.75, 3.05) is 4.72 Å². The van der Waals surface area contributed by atoms with Gasteiger partial charge in [0.2, 0.25) is 5.78 Å². The molecular formula is C17H13Cl2NO6S. The minimum absolute atomic E-state index is 0.00949. The summed E-state index contributed by atoms with van der Waals surface area (Å²) in [5.41, 5.74) is 0.122. The Bertz CT molecular complexity index is 1060. The summed E-state index contributed by atoms with van der Waals surface area (Å²) in [6, 6.07) is 7.65. The van der Waals surface area contributed by atoms with Crippen LogP contribution in [0.4, 0.5) is 5.69 Å². The lowest BCUT2D eigenvalue weighted by atomic mass is 10.1. The van der Waals surface area contributed by atoms with Gasteiger partial charge in [-0.05, 0) is 24.3 Å². The highest BCUT2D eigenvalue weighted by Gasteiger charge is 2.22. The predicted octanol–water partition coefficient (Wildman–Crippen LogP) is 3.56. The fourth-order valence-electron chi connectivity index (χ4n) is 2.01. The quantitative estimate of drug-likeness (QED) is 0.366. The third-order valence-electron chi connectivity index (χ3n) is 3.31. The van der Waals surface area contributed by atoms with Gasteiger partial charge in [0.1, 0.15) is 10.7 Å².